The van der Waals surface area contributed by atoms with E-state index in [9.17, 15) is 9.59 Å². The predicted molar refractivity (Wildman–Crippen MR) is 113 cm³/mol. The number of nitrogens with zero attached hydrogens (tertiary/aromatic N) is 2. The molecule has 0 bridgehead atoms. The lowest BCUT2D eigenvalue weighted by Gasteiger charge is -2.19. The molecular weight excluding hydrogens is 352 g/mol. The molecule has 6 nitrogen and oxygen atoms in total. The smallest absolute Gasteiger partial charge is 0.269 e. The molecule has 0 aliphatic rings. The highest BCUT2D eigenvalue weighted by atomic mass is 16.2. The maximum absolute atomic E-state index is 12.5. The van der Waals surface area contributed by atoms with Crippen molar-refractivity contribution in [2.75, 3.05) is 32.5 Å². The van der Waals surface area contributed by atoms with Crippen LogP contribution in [0.25, 0.3) is 0 Å². The zero-order chi connectivity index (χ0) is 20.7. The molecule has 2 aromatic rings. The van der Waals surface area contributed by atoms with Gasteiger partial charge in [-0.05, 0) is 62.3 Å². The van der Waals surface area contributed by atoms with Crippen LogP contribution in [0.4, 0.5) is 5.69 Å². The number of nitrogens with one attached hydrogen (secondary N) is 2. The molecule has 1 heterocycles. The summed E-state index contributed by atoms with van der Waals surface area (Å²) in [5, 5.41) is 5.69. The number of benzene rings is 1. The van der Waals surface area contributed by atoms with Crippen LogP contribution in [0.2, 0.25) is 0 Å². The Bertz CT molecular complexity index is 808. The van der Waals surface area contributed by atoms with Gasteiger partial charge in [0.2, 0.25) is 0 Å². The Morgan fingerprint density at radius 2 is 1.71 bits per heavy atom. The van der Waals surface area contributed by atoms with E-state index in [0.29, 0.717) is 17.8 Å². The second kappa shape index (κ2) is 9.46. The van der Waals surface area contributed by atoms with E-state index in [1.807, 2.05) is 38.4 Å². The van der Waals surface area contributed by atoms with Crippen molar-refractivity contribution in [3.8, 4) is 0 Å². The predicted octanol–water partition coefficient (Wildman–Crippen LogP) is 3.31. The average Bonchev–Trinajstić information content (AvgIpc) is 2.64. The summed E-state index contributed by atoms with van der Waals surface area (Å²) in [6, 6.07) is 10.9. The van der Waals surface area contributed by atoms with Crippen LogP contribution in [0.1, 0.15) is 53.6 Å². The van der Waals surface area contributed by atoms with Crippen molar-refractivity contribution in [3.63, 3.8) is 0 Å². The summed E-state index contributed by atoms with van der Waals surface area (Å²) in [5.41, 5.74) is 2.60. The Morgan fingerprint density at radius 3 is 2.32 bits per heavy atom. The number of amides is 2. The van der Waals surface area contributed by atoms with Gasteiger partial charge >= 0.3 is 0 Å². The Labute approximate surface area is 167 Å². The maximum atomic E-state index is 12.5. The summed E-state index contributed by atoms with van der Waals surface area (Å²) >= 11 is 0. The van der Waals surface area contributed by atoms with Gasteiger partial charge in [0.1, 0.15) is 5.69 Å². The van der Waals surface area contributed by atoms with Crippen LogP contribution in [0.5, 0.6) is 0 Å². The van der Waals surface area contributed by atoms with Gasteiger partial charge < -0.3 is 15.5 Å². The molecule has 0 aliphatic carbocycles. The lowest BCUT2D eigenvalue weighted by atomic mass is 9.87. The normalized spacial score (nSPS) is 11.4. The lowest BCUT2D eigenvalue weighted by molar-refractivity contribution is 0.0947. The highest BCUT2D eigenvalue weighted by Gasteiger charge is 2.14. The van der Waals surface area contributed by atoms with E-state index >= 15 is 0 Å². The molecule has 1 aromatic heterocycles. The third-order valence-corrected chi connectivity index (χ3v) is 4.33. The highest BCUT2D eigenvalue weighted by molar-refractivity contribution is 6.05. The molecule has 2 rings (SSSR count). The summed E-state index contributed by atoms with van der Waals surface area (Å²) in [5.74, 6) is -0.546. The summed E-state index contributed by atoms with van der Waals surface area (Å²) in [4.78, 5) is 30.9. The monoisotopic (exact) mass is 382 g/mol. The van der Waals surface area contributed by atoms with Gasteiger partial charge in [-0.25, -0.2) is 0 Å². The molecule has 1 aromatic carbocycles. The molecule has 2 N–H and O–H groups in total. The van der Waals surface area contributed by atoms with Crippen LogP contribution in [-0.4, -0.2) is 48.9 Å². The zero-order valence-electron chi connectivity index (χ0n) is 17.4. The van der Waals surface area contributed by atoms with Gasteiger partial charge in [0.05, 0.1) is 0 Å². The van der Waals surface area contributed by atoms with Gasteiger partial charge in [0.15, 0.2) is 0 Å². The van der Waals surface area contributed by atoms with Gasteiger partial charge in [-0.15, -0.1) is 0 Å². The summed E-state index contributed by atoms with van der Waals surface area (Å²) in [7, 11) is 3.98. The molecule has 150 valence electrons. The standard InChI is InChI=1S/C22H30N4O2/c1-22(2,3)17-7-9-18(10-8-17)25-20(27)16-11-13-23-19(15-16)21(28)24-12-6-14-26(4)5/h7-11,13,15H,6,12,14H2,1-5H3,(H,24,28)(H,25,27). The third kappa shape index (κ3) is 6.46. The van der Waals surface area contributed by atoms with E-state index in [-0.39, 0.29) is 22.9 Å². The quantitative estimate of drug-likeness (QED) is 0.721. The molecular formula is C22H30N4O2. The summed E-state index contributed by atoms with van der Waals surface area (Å²) < 4.78 is 0. The zero-order valence-corrected chi connectivity index (χ0v) is 17.4. The number of carbonyl (C=O) groups excluding carboxylic acids is 2. The van der Waals surface area contributed by atoms with Crippen molar-refractivity contribution in [2.45, 2.75) is 32.6 Å². The number of rotatable bonds is 7. The van der Waals surface area contributed by atoms with E-state index in [2.05, 4.69) is 41.3 Å². The largest absolute Gasteiger partial charge is 0.351 e. The second-order valence-corrected chi connectivity index (χ2v) is 8.12. The first-order valence-electron chi connectivity index (χ1n) is 9.47. The number of pyridine rings is 1. The topological polar surface area (TPSA) is 74.3 Å². The Balaban J connectivity index is 1.98. The highest BCUT2D eigenvalue weighted by Crippen LogP contribution is 2.23. The maximum Gasteiger partial charge on any atom is 0.269 e. The van der Waals surface area contributed by atoms with Crippen LogP contribution >= 0.6 is 0 Å². The van der Waals surface area contributed by atoms with Gasteiger partial charge in [-0.2, -0.15) is 0 Å². The fraction of sp³-hybridized carbons (Fsp3) is 0.409. The fourth-order valence-corrected chi connectivity index (χ4v) is 2.64. The number of hydrogen-bond acceptors (Lipinski definition) is 4. The van der Waals surface area contributed by atoms with Crippen molar-refractivity contribution in [2.24, 2.45) is 0 Å². The van der Waals surface area contributed by atoms with Crippen molar-refractivity contribution in [1.82, 2.24) is 15.2 Å². The molecule has 0 aliphatic heterocycles. The molecule has 28 heavy (non-hydrogen) atoms. The third-order valence-electron chi connectivity index (χ3n) is 4.33. The summed E-state index contributed by atoms with van der Waals surface area (Å²) in [6.45, 7) is 7.89. The van der Waals surface area contributed by atoms with E-state index in [0.717, 1.165) is 13.0 Å². The van der Waals surface area contributed by atoms with Crippen molar-refractivity contribution < 1.29 is 9.59 Å². The molecule has 0 saturated carbocycles. The first kappa shape index (κ1) is 21.6. The molecule has 6 heteroatoms. The molecule has 0 unspecified atom stereocenters. The Morgan fingerprint density at radius 1 is 1.04 bits per heavy atom. The fourth-order valence-electron chi connectivity index (χ4n) is 2.64. The molecule has 0 saturated heterocycles. The minimum absolute atomic E-state index is 0.0580. The number of aromatic nitrogens is 1. The van der Waals surface area contributed by atoms with Gasteiger partial charge in [-0.1, -0.05) is 32.9 Å². The van der Waals surface area contributed by atoms with Crippen molar-refractivity contribution in [1.29, 1.82) is 0 Å². The van der Waals surface area contributed by atoms with Crippen LogP contribution < -0.4 is 10.6 Å². The minimum Gasteiger partial charge on any atom is -0.351 e. The molecule has 0 atom stereocenters. The van der Waals surface area contributed by atoms with E-state index in [1.165, 1.54) is 17.8 Å². The molecule has 0 fully saturated rings. The van der Waals surface area contributed by atoms with Gasteiger partial charge in [0, 0.05) is 24.0 Å². The molecule has 0 spiro atoms. The number of anilines is 1. The second-order valence-electron chi connectivity index (χ2n) is 8.12. The molecule has 2 amide bonds. The van der Waals surface area contributed by atoms with Gasteiger partial charge in [-0.3, -0.25) is 14.6 Å². The Hall–Kier alpha value is -2.73. The van der Waals surface area contributed by atoms with E-state index in [4.69, 9.17) is 0 Å². The Kier molecular flexibility index (Phi) is 7.29. The first-order valence-corrected chi connectivity index (χ1v) is 9.47. The van der Waals surface area contributed by atoms with Crippen LogP contribution in [0.15, 0.2) is 42.6 Å². The number of hydrogen-bond donors (Lipinski definition) is 2. The minimum atomic E-state index is -0.275. The van der Waals surface area contributed by atoms with E-state index in [1.54, 1.807) is 6.07 Å². The SMILES string of the molecule is CN(C)CCCNC(=O)c1cc(C(=O)Nc2ccc(C(C)(C)C)cc2)ccn1. The number of carbonyl (C=O) groups is 2. The molecule has 0 radical (unpaired) electrons. The van der Waals surface area contributed by atoms with Crippen molar-refractivity contribution in [3.05, 3.63) is 59.4 Å². The lowest BCUT2D eigenvalue weighted by Crippen LogP contribution is -2.28. The van der Waals surface area contributed by atoms with Crippen LogP contribution in [0.3, 0.4) is 0 Å². The van der Waals surface area contributed by atoms with Crippen LogP contribution in [-0.2, 0) is 5.41 Å². The summed E-state index contributed by atoms with van der Waals surface area (Å²) in [6.07, 6.45) is 2.33. The van der Waals surface area contributed by atoms with Crippen molar-refractivity contribution >= 4 is 17.5 Å². The van der Waals surface area contributed by atoms with E-state index < -0.39 is 0 Å². The average molecular weight is 383 g/mol. The van der Waals surface area contributed by atoms with Crippen LogP contribution in [0, 0.1) is 0 Å². The van der Waals surface area contributed by atoms with Gasteiger partial charge in [0.25, 0.3) is 11.8 Å². The first-order chi connectivity index (χ1) is 13.2.